The summed E-state index contributed by atoms with van der Waals surface area (Å²) in [6.07, 6.45) is -9.02. The van der Waals surface area contributed by atoms with Gasteiger partial charge in [-0.25, -0.2) is 4.98 Å². The highest BCUT2D eigenvalue weighted by atomic mass is 32.1. The fourth-order valence-electron chi connectivity index (χ4n) is 3.30. The number of hydrogen-bond acceptors (Lipinski definition) is 6. The van der Waals surface area contributed by atoms with Gasteiger partial charge in [0.25, 0.3) is 11.1 Å². The molecule has 0 saturated heterocycles. The van der Waals surface area contributed by atoms with Crippen molar-refractivity contribution in [2.24, 2.45) is 7.05 Å². The molecule has 0 bridgehead atoms. The van der Waals surface area contributed by atoms with Crippen molar-refractivity contribution in [3.63, 3.8) is 0 Å². The first-order valence-electron chi connectivity index (χ1n) is 9.33. The fraction of sp³-hybridized carbons (Fsp3) is 0.200. The lowest BCUT2D eigenvalue weighted by atomic mass is 10.0. The van der Waals surface area contributed by atoms with Crippen LogP contribution in [0.2, 0.25) is 0 Å². The molecule has 0 radical (unpaired) electrons. The van der Waals surface area contributed by atoms with E-state index < -0.39 is 40.9 Å². The minimum absolute atomic E-state index is 0.0727. The number of alkyl halides is 6. The zero-order chi connectivity index (χ0) is 24.8. The molecule has 34 heavy (non-hydrogen) atoms. The van der Waals surface area contributed by atoms with Crippen LogP contribution >= 0.6 is 11.3 Å². The summed E-state index contributed by atoms with van der Waals surface area (Å²) in [6, 6.07) is 6.02. The molecule has 0 spiro atoms. The normalized spacial score (nSPS) is 12.2. The largest absolute Gasteiger partial charge is 0.473 e. The lowest BCUT2D eigenvalue weighted by molar-refractivity contribution is -0.141. The van der Waals surface area contributed by atoms with E-state index in [9.17, 15) is 31.1 Å². The fourth-order valence-corrected chi connectivity index (χ4v) is 4.19. The van der Waals surface area contributed by atoms with Crippen LogP contribution in [0.3, 0.4) is 0 Å². The van der Waals surface area contributed by atoms with Crippen LogP contribution in [-0.2, 0) is 19.4 Å². The quantitative estimate of drug-likeness (QED) is 0.379. The molecular weight excluding hydrogens is 488 g/mol. The van der Waals surface area contributed by atoms with E-state index in [1.54, 1.807) is 6.07 Å². The monoisotopic (exact) mass is 501 g/mol. The zero-order valence-corrected chi connectivity index (χ0v) is 18.1. The van der Waals surface area contributed by atoms with Gasteiger partial charge in [-0.2, -0.15) is 31.4 Å². The van der Waals surface area contributed by atoms with Crippen LogP contribution < -0.4 is 10.1 Å². The summed E-state index contributed by atoms with van der Waals surface area (Å²) < 4.78 is 87.4. The number of halogens is 6. The molecule has 7 nitrogen and oxygen atoms in total. The van der Waals surface area contributed by atoms with E-state index in [0.717, 1.165) is 35.3 Å². The number of benzene rings is 1. The van der Waals surface area contributed by atoms with Gasteiger partial charge in [0.15, 0.2) is 0 Å². The summed E-state index contributed by atoms with van der Waals surface area (Å²) in [5.41, 5.74) is -3.97. The van der Waals surface area contributed by atoms with Gasteiger partial charge in [0.05, 0.1) is 17.3 Å². The van der Waals surface area contributed by atoms with Gasteiger partial charge in [0, 0.05) is 24.5 Å². The van der Waals surface area contributed by atoms with Crippen LogP contribution in [0.5, 0.6) is 5.19 Å². The third-order valence-corrected chi connectivity index (χ3v) is 5.74. The molecule has 178 valence electrons. The molecule has 0 atom stereocenters. The molecule has 1 amide bonds. The first-order chi connectivity index (χ1) is 15.9. The van der Waals surface area contributed by atoms with Crippen molar-refractivity contribution in [2.75, 3.05) is 12.4 Å². The van der Waals surface area contributed by atoms with Crippen molar-refractivity contribution in [1.82, 2.24) is 19.7 Å². The average Bonchev–Trinajstić information content (AvgIpc) is 3.33. The van der Waals surface area contributed by atoms with Crippen molar-refractivity contribution in [3.05, 3.63) is 53.5 Å². The lowest BCUT2D eigenvalue weighted by Gasteiger charge is -2.12. The number of aromatic nitrogens is 4. The first-order valence-corrected chi connectivity index (χ1v) is 10.1. The number of rotatable bonds is 4. The van der Waals surface area contributed by atoms with Gasteiger partial charge in [0.1, 0.15) is 22.6 Å². The first kappa shape index (κ1) is 23.5. The van der Waals surface area contributed by atoms with E-state index in [4.69, 9.17) is 4.74 Å². The predicted molar refractivity (Wildman–Crippen MR) is 111 cm³/mol. The number of amides is 1. The molecule has 14 heteroatoms. The number of aryl methyl sites for hydroxylation is 1. The van der Waals surface area contributed by atoms with Crippen molar-refractivity contribution >= 4 is 33.1 Å². The highest BCUT2D eigenvalue weighted by molar-refractivity contribution is 7.20. The highest BCUT2D eigenvalue weighted by Gasteiger charge is 2.42. The van der Waals surface area contributed by atoms with Crippen molar-refractivity contribution in [2.45, 2.75) is 12.4 Å². The molecule has 4 aromatic rings. The molecule has 0 aliphatic rings. The van der Waals surface area contributed by atoms with Crippen molar-refractivity contribution in [3.8, 4) is 16.5 Å². The van der Waals surface area contributed by atoms with Crippen LogP contribution in [0.15, 0.2) is 36.5 Å². The third-order valence-electron chi connectivity index (χ3n) is 4.68. The Labute approximate surface area is 191 Å². The van der Waals surface area contributed by atoms with E-state index in [-0.39, 0.29) is 16.4 Å². The second kappa shape index (κ2) is 8.27. The Hall–Kier alpha value is -3.68. The minimum Gasteiger partial charge on any atom is -0.473 e. The molecule has 1 aromatic carbocycles. The number of carbonyl (C=O) groups is 1. The molecule has 0 saturated carbocycles. The molecular formula is C20H13F6N5O2S. The summed E-state index contributed by atoms with van der Waals surface area (Å²) in [5.74, 6) is -1.29. The Balaban J connectivity index is 1.83. The molecule has 4 rings (SSSR count). The zero-order valence-electron chi connectivity index (χ0n) is 17.2. The van der Waals surface area contributed by atoms with Crippen LogP contribution in [-0.4, -0.2) is 32.8 Å². The van der Waals surface area contributed by atoms with Gasteiger partial charge >= 0.3 is 12.4 Å². The van der Waals surface area contributed by atoms with Gasteiger partial charge in [-0.05, 0) is 18.2 Å². The Morgan fingerprint density at radius 1 is 1.12 bits per heavy atom. The Morgan fingerprint density at radius 2 is 1.85 bits per heavy atom. The minimum atomic E-state index is -5.01. The number of thiazole rings is 1. The Morgan fingerprint density at radius 3 is 2.50 bits per heavy atom. The van der Waals surface area contributed by atoms with Crippen LogP contribution in [0.4, 0.5) is 32.0 Å². The van der Waals surface area contributed by atoms with E-state index >= 15 is 0 Å². The number of anilines is 1. The molecule has 3 aromatic heterocycles. The maximum Gasteiger partial charge on any atom is 0.433 e. The molecule has 0 fully saturated rings. The highest BCUT2D eigenvalue weighted by Crippen LogP contribution is 2.43. The van der Waals surface area contributed by atoms with Gasteiger partial charge in [-0.15, -0.1) is 0 Å². The van der Waals surface area contributed by atoms with E-state index in [1.165, 1.54) is 19.2 Å². The van der Waals surface area contributed by atoms with Gasteiger partial charge in [-0.3, -0.25) is 14.5 Å². The number of methoxy groups -OCH3 is 1. The summed E-state index contributed by atoms with van der Waals surface area (Å²) in [4.78, 5) is 20.1. The smallest absolute Gasteiger partial charge is 0.433 e. The van der Waals surface area contributed by atoms with Gasteiger partial charge < -0.3 is 10.1 Å². The molecule has 1 N–H and O–H groups in total. The lowest BCUT2D eigenvalue weighted by Crippen LogP contribution is -2.21. The van der Waals surface area contributed by atoms with Crippen molar-refractivity contribution < 1.29 is 35.9 Å². The topological polar surface area (TPSA) is 81.9 Å². The van der Waals surface area contributed by atoms with Gasteiger partial charge in [0.2, 0.25) is 0 Å². The second-order valence-corrected chi connectivity index (χ2v) is 7.87. The maximum atomic E-state index is 14.2. The number of fused-ring (bicyclic) bond motifs is 1. The Kier molecular flexibility index (Phi) is 5.71. The molecule has 0 unspecified atom stereocenters. The van der Waals surface area contributed by atoms with Crippen molar-refractivity contribution in [1.29, 1.82) is 0 Å². The maximum absolute atomic E-state index is 14.2. The number of pyridine rings is 1. The summed E-state index contributed by atoms with van der Waals surface area (Å²) in [7, 11) is 2.50. The SMILES string of the molecule is COc1nc2cccc(-c3nn(C)c(C(=O)Nc4ccnc(C(F)(F)F)c4)c3C(F)(F)F)c2s1. The van der Waals surface area contributed by atoms with Gasteiger partial charge in [-0.1, -0.05) is 23.5 Å². The molecule has 0 aliphatic heterocycles. The number of carbonyl (C=O) groups excluding carboxylic acids is 1. The van der Waals surface area contributed by atoms with E-state index in [2.05, 4.69) is 20.4 Å². The number of hydrogen-bond donors (Lipinski definition) is 1. The van der Waals surface area contributed by atoms with E-state index in [1.807, 2.05) is 0 Å². The average molecular weight is 501 g/mol. The summed E-state index contributed by atoms with van der Waals surface area (Å²) >= 11 is 1.00. The van der Waals surface area contributed by atoms with Crippen LogP contribution in [0.1, 0.15) is 21.7 Å². The number of ether oxygens (including phenoxy) is 1. The third kappa shape index (κ3) is 4.27. The summed E-state index contributed by atoms with van der Waals surface area (Å²) in [5, 5.41) is 6.23. The summed E-state index contributed by atoms with van der Waals surface area (Å²) in [6.45, 7) is 0. The molecule has 0 aliphatic carbocycles. The Bertz CT molecular complexity index is 1390. The predicted octanol–water partition coefficient (Wildman–Crippen LogP) is 5.39. The standard InChI is InChI=1S/C20H13F6N5O2S/c1-31-15(17(32)28-9-6-7-27-12(8-9)19(21,22)23)13(20(24,25)26)14(30-31)10-4-3-5-11-16(10)34-18(29-11)33-2/h3-8H,1-2H3,(H,27,28,32). The van der Waals surface area contributed by atoms with Crippen LogP contribution in [0, 0.1) is 0 Å². The number of nitrogens with one attached hydrogen (secondary N) is 1. The second-order valence-electron chi connectivity index (χ2n) is 6.91. The molecule has 3 heterocycles. The van der Waals surface area contributed by atoms with Crippen LogP contribution in [0.25, 0.3) is 21.5 Å². The van der Waals surface area contributed by atoms with E-state index in [0.29, 0.717) is 16.3 Å². The number of nitrogens with zero attached hydrogens (tertiary/aromatic N) is 4.